The molecule has 0 radical (unpaired) electrons. The molecule has 0 heteroatoms. The fourth-order valence-electron chi connectivity index (χ4n) is 8.74. The Kier molecular flexibility index (Phi) is 6.04. The molecule has 47 heavy (non-hydrogen) atoms. The van der Waals surface area contributed by atoms with Gasteiger partial charge in [-0.25, -0.2) is 0 Å². The predicted molar refractivity (Wildman–Crippen MR) is 204 cm³/mol. The summed E-state index contributed by atoms with van der Waals surface area (Å²) >= 11 is 0. The Hall–Kier alpha value is -4.94. The highest BCUT2D eigenvalue weighted by atomic mass is 14.4. The highest BCUT2D eigenvalue weighted by molar-refractivity contribution is 6.27. The molecule has 0 amide bonds. The molecular formula is C47H40. The number of rotatable bonds is 4. The largest absolute Gasteiger partial charge is 0.0619 e. The summed E-state index contributed by atoms with van der Waals surface area (Å²) in [6.07, 6.45) is 0. The highest BCUT2D eigenvalue weighted by Crippen LogP contribution is 2.50. The smallest absolute Gasteiger partial charge is 0.0159 e. The van der Waals surface area contributed by atoms with E-state index in [0.29, 0.717) is 11.8 Å². The second-order valence-corrected chi connectivity index (χ2v) is 14.9. The molecule has 8 aromatic carbocycles. The van der Waals surface area contributed by atoms with Gasteiger partial charge in [-0.05, 0) is 129 Å². The van der Waals surface area contributed by atoms with E-state index in [9.17, 15) is 0 Å². The van der Waals surface area contributed by atoms with Crippen LogP contribution in [-0.2, 0) is 5.41 Å². The van der Waals surface area contributed by atoms with E-state index < -0.39 is 0 Å². The molecule has 228 valence electrons. The van der Waals surface area contributed by atoms with Crippen molar-refractivity contribution in [1.29, 1.82) is 0 Å². The second-order valence-electron chi connectivity index (χ2n) is 14.9. The summed E-state index contributed by atoms with van der Waals surface area (Å²) in [5.41, 5.74) is 13.6. The molecule has 1 aliphatic rings. The molecule has 0 N–H and O–H groups in total. The maximum absolute atomic E-state index is 2.47. The third-order valence-corrected chi connectivity index (χ3v) is 11.2. The fourth-order valence-corrected chi connectivity index (χ4v) is 8.74. The SMILES string of the molecule is CC(C)c1ccc2ccc3c(C(C)C)cc(-c4ccc5c(-c6ccc7c(c6)C(C)(C)c6ccccc6-7)cccc5c4)c4ccc1c2c43. The number of fused-ring (bicyclic) bond motifs is 4. The van der Waals surface area contributed by atoms with Crippen molar-refractivity contribution in [3.05, 3.63) is 144 Å². The van der Waals surface area contributed by atoms with Crippen molar-refractivity contribution in [2.45, 2.75) is 58.8 Å². The highest BCUT2D eigenvalue weighted by Gasteiger charge is 2.35. The molecule has 0 aromatic heterocycles. The van der Waals surface area contributed by atoms with E-state index >= 15 is 0 Å². The van der Waals surface area contributed by atoms with Gasteiger partial charge in [0, 0.05) is 5.41 Å². The summed E-state index contributed by atoms with van der Waals surface area (Å²) in [7, 11) is 0. The molecule has 0 spiro atoms. The van der Waals surface area contributed by atoms with Crippen LogP contribution in [0.3, 0.4) is 0 Å². The second kappa shape index (κ2) is 10.0. The molecule has 0 saturated heterocycles. The summed E-state index contributed by atoms with van der Waals surface area (Å²) < 4.78 is 0. The van der Waals surface area contributed by atoms with Crippen LogP contribution in [0.2, 0.25) is 0 Å². The lowest BCUT2D eigenvalue weighted by Gasteiger charge is -2.22. The standard InChI is InChI=1S/C47H40/c1-27(2)33-18-14-29-15-21-39-41(28(3)4)26-42(40-23-22-38(33)45(29)46(39)40)31-16-19-35-30(24-31)10-9-12-34(35)32-17-20-37-36-11-7-8-13-43(36)47(5,6)44(37)25-32/h7-28H,1-6H3. The molecule has 0 heterocycles. The molecule has 0 unspecified atom stereocenters. The maximum atomic E-state index is 2.47. The van der Waals surface area contributed by atoms with Crippen molar-refractivity contribution in [2.75, 3.05) is 0 Å². The van der Waals surface area contributed by atoms with Crippen molar-refractivity contribution in [3.63, 3.8) is 0 Å². The van der Waals surface area contributed by atoms with Gasteiger partial charge in [0.1, 0.15) is 0 Å². The van der Waals surface area contributed by atoms with Crippen LogP contribution in [0.1, 0.15) is 75.6 Å². The van der Waals surface area contributed by atoms with Gasteiger partial charge in [-0.15, -0.1) is 0 Å². The number of hydrogen-bond acceptors (Lipinski definition) is 0. The summed E-state index contributed by atoms with van der Waals surface area (Å²) in [5.74, 6) is 0.899. The quantitative estimate of drug-likeness (QED) is 0.175. The van der Waals surface area contributed by atoms with E-state index in [1.54, 1.807) is 0 Å². The Morgan fingerprint density at radius 2 is 1.04 bits per heavy atom. The van der Waals surface area contributed by atoms with Gasteiger partial charge in [-0.1, -0.05) is 145 Å². The van der Waals surface area contributed by atoms with Gasteiger partial charge < -0.3 is 0 Å². The van der Waals surface area contributed by atoms with Gasteiger partial charge in [0.05, 0.1) is 0 Å². The number of hydrogen-bond donors (Lipinski definition) is 0. The lowest BCUT2D eigenvalue weighted by atomic mass is 9.81. The molecule has 9 rings (SSSR count). The molecule has 0 aliphatic heterocycles. The van der Waals surface area contributed by atoms with Crippen molar-refractivity contribution in [1.82, 2.24) is 0 Å². The van der Waals surface area contributed by atoms with E-state index in [2.05, 4.69) is 163 Å². The molecule has 0 saturated carbocycles. The average molecular weight is 605 g/mol. The average Bonchev–Trinajstić information content (AvgIpc) is 3.31. The molecule has 0 atom stereocenters. The molecular weight excluding hydrogens is 565 g/mol. The van der Waals surface area contributed by atoms with Crippen LogP contribution in [0, 0.1) is 0 Å². The Balaban J connectivity index is 1.24. The summed E-state index contributed by atoms with van der Waals surface area (Å²) in [4.78, 5) is 0. The van der Waals surface area contributed by atoms with E-state index in [-0.39, 0.29) is 5.41 Å². The summed E-state index contributed by atoms with van der Waals surface area (Å²) in [6.45, 7) is 14.0. The lowest BCUT2D eigenvalue weighted by Crippen LogP contribution is -2.14. The van der Waals surface area contributed by atoms with Crippen LogP contribution >= 0.6 is 0 Å². The Morgan fingerprint density at radius 3 is 1.87 bits per heavy atom. The first kappa shape index (κ1) is 28.3. The van der Waals surface area contributed by atoms with Crippen molar-refractivity contribution in [2.24, 2.45) is 0 Å². The first-order chi connectivity index (χ1) is 22.7. The lowest BCUT2D eigenvalue weighted by molar-refractivity contribution is 0.660. The zero-order valence-corrected chi connectivity index (χ0v) is 28.2. The van der Waals surface area contributed by atoms with Crippen LogP contribution in [0.4, 0.5) is 0 Å². The van der Waals surface area contributed by atoms with Gasteiger partial charge in [-0.3, -0.25) is 0 Å². The topological polar surface area (TPSA) is 0 Å². The molecule has 0 fully saturated rings. The van der Waals surface area contributed by atoms with Crippen LogP contribution in [0.15, 0.2) is 121 Å². The normalized spacial score (nSPS) is 13.9. The zero-order chi connectivity index (χ0) is 32.2. The Bertz CT molecular complexity index is 2540. The first-order valence-corrected chi connectivity index (χ1v) is 17.2. The molecule has 1 aliphatic carbocycles. The predicted octanol–water partition coefficient (Wildman–Crippen LogP) is 13.6. The van der Waals surface area contributed by atoms with Crippen LogP contribution in [0.25, 0.3) is 76.5 Å². The van der Waals surface area contributed by atoms with Crippen molar-refractivity contribution >= 4 is 43.1 Å². The maximum Gasteiger partial charge on any atom is 0.0159 e. The minimum atomic E-state index is -0.0151. The van der Waals surface area contributed by atoms with Crippen LogP contribution in [-0.4, -0.2) is 0 Å². The molecule has 8 aromatic rings. The van der Waals surface area contributed by atoms with Gasteiger partial charge in [-0.2, -0.15) is 0 Å². The summed E-state index contributed by atoms with van der Waals surface area (Å²) in [6, 6.07) is 46.5. The fraction of sp³-hybridized carbons (Fsp3) is 0.191. The van der Waals surface area contributed by atoms with Gasteiger partial charge >= 0.3 is 0 Å². The van der Waals surface area contributed by atoms with E-state index in [0.717, 1.165) is 0 Å². The third kappa shape index (κ3) is 4.01. The molecule has 0 bridgehead atoms. The monoisotopic (exact) mass is 604 g/mol. The van der Waals surface area contributed by atoms with Gasteiger partial charge in [0.25, 0.3) is 0 Å². The minimum absolute atomic E-state index is 0.0151. The minimum Gasteiger partial charge on any atom is -0.0619 e. The first-order valence-electron chi connectivity index (χ1n) is 17.2. The van der Waals surface area contributed by atoms with Gasteiger partial charge in [0.15, 0.2) is 0 Å². The van der Waals surface area contributed by atoms with Crippen molar-refractivity contribution in [3.8, 4) is 33.4 Å². The third-order valence-electron chi connectivity index (χ3n) is 11.2. The Morgan fingerprint density at radius 1 is 0.404 bits per heavy atom. The molecule has 0 nitrogen and oxygen atoms in total. The van der Waals surface area contributed by atoms with Crippen LogP contribution < -0.4 is 0 Å². The zero-order valence-electron chi connectivity index (χ0n) is 28.2. The van der Waals surface area contributed by atoms with E-state index in [1.165, 1.54) is 98.7 Å². The Labute approximate surface area is 278 Å². The van der Waals surface area contributed by atoms with E-state index in [1.807, 2.05) is 0 Å². The summed E-state index contributed by atoms with van der Waals surface area (Å²) in [5, 5.41) is 10.9. The van der Waals surface area contributed by atoms with E-state index in [4.69, 9.17) is 0 Å². The van der Waals surface area contributed by atoms with Gasteiger partial charge in [0.2, 0.25) is 0 Å². The van der Waals surface area contributed by atoms with Crippen molar-refractivity contribution < 1.29 is 0 Å². The number of benzene rings is 8. The van der Waals surface area contributed by atoms with Crippen LogP contribution in [0.5, 0.6) is 0 Å².